The smallest absolute Gasteiger partial charge is 0.227 e. The monoisotopic (exact) mass is 506 g/mol. The number of carbonyl (C=O) groups excluding carboxylic acids is 1. The lowest BCUT2D eigenvalue weighted by Crippen LogP contribution is -2.20. The molecule has 0 radical (unpaired) electrons. The number of nitrogens with zero attached hydrogens (tertiary/aromatic N) is 5. The Morgan fingerprint density at radius 2 is 1.89 bits per heavy atom. The van der Waals surface area contributed by atoms with Crippen molar-refractivity contribution >= 4 is 45.1 Å². The highest BCUT2D eigenvalue weighted by molar-refractivity contribution is 7.08. The van der Waals surface area contributed by atoms with Gasteiger partial charge >= 0.3 is 0 Å². The van der Waals surface area contributed by atoms with Gasteiger partial charge in [0.05, 0.1) is 17.3 Å². The Labute approximate surface area is 215 Å². The molecule has 1 saturated carbocycles. The number of thiophene rings is 1. The van der Waals surface area contributed by atoms with Crippen molar-refractivity contribution in [3.8, 4) is 33.8 Å². The van der Waals surface area contributed by atoms with Gasteiger partial charge in [-0.2, -0.15) is 16.4 Å². The van der Waals surface area contributed by atoms with E-state index in [1.807, 2.05) is 23.6 Å². The minimum absolute atomic E-state index is 0.0717. The summed E-state index contributed by atoms with van der Waals surface area (Å²) in [5, 5.41) is 15.5. The van der Waals surface area contributed by atoms with Crippen molar-refractivity contribution in [2.45, 2.75) is 25.7 Å². The Balaban J connectivity index is 1.25. The van der Waals surface area contributed by atoms with Crippen LogP contribution < -0.4 is 5.32 Å². The van der Waals surface area contributed by atoms with Gasteiger partial charge in [0.15, 0.2) is 17.1 Å². The van der Waals surface area contributed by atoms with Gasteiger partial charge in [0, 0.05) is 41.2 Å². The predicted octanol–water partition coefficient (Wildman–Crippen LogP) is 5.82. The van der Waals surface area contributed by atoms with Gasteiger partial charge in [-0.1, -0.05) is 12.8 Å². The molecule has 6 heterocycles. The topological polar surface area (TPSA) is 125 Å². The summed E-state index contributed by atoms with van der Waals surface area (Å²) in [6.45, 7) is 0. The quantitative estimate of drug-likeness (QED) is 0.271. The first-order valence-electron chi connectivity index (χ1n) is 12.2. The Morgan fingerprint density at radius 1 is 1.00 bits per heavy atom. The number of rotatable bonds is 5. The van der Waals surface area contributed by atoms with Crippen LogP contribution in [0.5, 0.6) is 0 Å². The van der Waals surface area contributed by atoms with E-state index >= 15 is 0 Å². The highest BCUT2D eigenvalue weighted by atomic mass is 32.1. The molecule has 7 rings (SSSR count). The molecular formula is C27H22N8OS. The number of H-pyrrole nitrogens is 2. The molecule has 0 bridgehead atoms. The number of aromatic nitrogens is 7. The summed E-state index contributed by atoms with van der Waals surface area (Å²) < 4.78 is 0. The van der Waals surface area contributed by atoms with Crippen molar-refractivity contribution in [3.05, 3.63) is 59.8 Å². The standard InChI is InChI=1S/C27H22N8OS/c36-27(15-3-1-2-4-15)31-19-9-17(11-28-13-19)18-10-21-23(34-35-24(21)30-12-18)26-32-22-20(16-6-8-37-14-16)5-7-29-25(22)33-26/h5-15H,1-4H2,(H,31,36)(H,29,32,33)(H,30,34,35). The molecule has 9 nitrogen and oxygen atoms in total. The van der Waals surface area contributed by atoms with Gasteiger partial charge in [0.25, 0.3) is 0 Å². The van der Waals surface area contributed by atoms with E-state index in [1.54, 1.807) is 36.1 Å². The normalized spacial score (nSPS) is 14.1. The maximum absolute atomic E-state index is 12.6. The number of hydrogen-bond acceptors (Lipinski definition) is 7. The van der Waals surface area contributed by atoms with Gasteiger partial charge in [-0.05, 0) is 53.4 Å². The first-order valence-corrected chi connectivity index (χ1v) is 13.2. The summed E-state index contributed by atoms with van der Waals surface area (Å²) >= 11 is 1.65. The third-order valence-corrected chi connectivity index (χ3v) is 7.61. The highest BCUT2D eigenvalue weighted by Crippen LogP contribution is 2.33. The maximum Gasteiger partial charge on any atom is 0.227 e. The van der Waals surface area contributed by atoms with Crippen molar-refractivity contribution in [1.82, 2.24) is 35.1 Å². The number of anilines is 1. The largest absolute Gasteiger partial charge is 0.324 e. The van der Waals surface area contributed by atoms with E-state index < -0.39 is 0 Å². The van der Waals surface area contributed by atoms with Crippen LogP contribution in [0, 0.1) is 5.92 Å². The molecule has 182 valence electrons. The summed E-state index contributed by atoms with van der Waals surface area (Å²) in [6, 6.07) is 8.00. The molecule has 0 atom stereocenters. The SMILES string of the molecule is O=C(Nc1cncc(-c2cnc3[nH]nc(-c4nc5c(-c6ccsc6)ccnc5[nH]4)c3c2)c1)C1CCCC1. The van der Waals surface area contributed by atoms with Crippen LogP contribution in [0.2, 0.25) is 0 Å². The number of hydrogen-bond donors (Lipinski definition) is 3. The van der Waals surface area contributed by atoms with Crippen molar-refractivity contribution in [2.75, 3.05) is 5.32 Å². The summed E-state index contributed by atoms with van der Waals surface area (Å²) in [7, 11) is 0. The minimum Gasteiger partial charge on any atom is -0.324 e. The van der Waals surface area contributed by atoms with Crippen LogP contribution >= 0.6 is 11.3 Å². The second kappa shape index (κ2) is 8.90. The molecule has 0 aliphatic heterocycles. The van der Waals surface area contributed by atoms with E-state index in [1.165, 1.54) is 0 Å². The second-order valence-corrected chi connectivity index (χ2v) is 10.1. The molecule has 1 aliphatic carbocycles. The summed E-state index contributed by atoms with van der Waals surface area (Å²) in [4.78, 5) is 34.2. The van der Waals surface area contributed by atoms with E-state index in [-0.39, 0.29) is 11.8 Å². The lowest BCUT2D eigenvalue weighted by Gasteiger charge is -2.11. The second-order valence-electron chi connectivity index (χ2n) is 9.28. The van der Waals surface area contributed by atoms with E-state index in [0.29, 0.717) is 28.5 Å². The average Bonchev–Trinajstić information content (AvgIpc) is 3.74. The van der Waals surface area contributed by atoms with Crippen LogP contribution in [0.1, 0.15) is 25.7 Å². The average molecular weight is 507 g/mol. The van der Waals surface area contributed by atoms with E-state index in [4.69, 9.17) is 4.98 Å². The van der Waals surface area contributed by atoms with E-state index in [0.717, 1.165) is 58.8 Å². The zero-order valence-corrected chi connectivity index (χ0v) is 20.5. The van der Waals surface area contributed by atoms with Gasteiger partial charge in [0.2, 0.25) is 5.91 Å². The Kier molecular flexibility index (Phi) is 5.24. The van der Waals surface area contributed by atoms with Gasteiger partial charge in [-0.15, -0.1) is 0 Å². The molecule has 1 fully saturated rings. The Morgan fingerprint density at radius 3 is 2.76 bits per heavy atom. The van der Waals surface area contributed by atoms with E-state index in [9.17, 15) is 4.79 Å². The zero-order valence-electron chi connectivity index (χ0n) is 19.7. The van der Waals surface area contributed by atoms with Crippen LogP contribution in [-0.4, -0.2) is 41.0 Å². The molecule has 37 heavy (non-hydrogen) atoms. The van der Waals surface area contributed by atoms with Gasteiger partial charge in [0.1, 0.15) is 11.2 Å². The lowest BCUT2D eigenvalue weighted by molar-refractivity contribution is -0.119. The molecule has 0 unspecified atom stereocenters. The van der Waals surface area contributed by atoms with Crippen LogP contribution in [0.15, 0.2) is 59.8 Å². The third kappa shape index (κ3) is 3.95. The number of pyridine rings is 3. The number of imidazole rings is 1. The van der Waals surface area contributed by atoms with Crippen LogP contribution in [-0.2, 0) is 4.79 Å². The fourth-order valence-electron chi connectivity index (χ4n) is 5.01. The minimum atomic E-state index is 0.0717. The van der Waals surface area contributed by atoms with Crippen molar-refractivity contribution in [2.24, 2.45) is 5.92 Å². The maximum atomic E-state index is 12.6. The molecule has 3 N–H and O–H groups in total. The number of nitrogens with one attached hydrogen (secondary N) is 3. The molecule has 1 amide bonds. The number of fused-ring (bicyclic) bond motifs is 2. The summed E-state index contributed by atoms with van der Waals surface area (Å²) in [5.74, 6) is 0.780. The predicted molar refractivity (Wildman–Crippen MR) is 144 cm³/mol. The molecule has 6 aromatic heterocycles. The van der Waals surface area contributed by atoms with Crippen molar-refractivity contribution in [1.29, 1.82) is 0 Å². The molecule has 0 aromatic carbocycles. The highest BCUT2D eigenvalue weighted by Gasteiger charge is 2.23. The van der Waals surface area contributed by atoms with Gasteiger partial charge in [-0.25, -0.2) is 15.0 Å². The van der Waals surface area contributed by atoms with Gasteiger partial charge in [-0.3, -0.25) is 14.9 Å². The number of amides is 1. The summed E-state index contributed by atoms with van der Waals surface area (Å²) in [6.07, 6.45) is 11.1. The van der Waals surface area contributed by atoms with Gasteiger partial charge < -0.3 is 10.3 Å². The molecule has 6 aromatic rings. The molecule has 10 heteroatoms. The number of carbonyl (C=O) groups is 1. The fourth-order valence-corrected chi connectivity index (χ4v) is 5.67. The molecule has 0 saturated heterocycles. The third-order valence-electron chi connectivity index (χ3n) is 6.92. The first-order chi connectivity index (χ1) is 18.2. The van der Waals surface area contributed by atoms with Crippen molar-refractivity contribution in [3.63, 3.8) is 0 Å². The van der Waals surface area contributed by atoms with Crippen LogP contribution in [0.4, 0.5) is 5.69 Å². The van der Waals surface area contributed by atoms with Crippen LogP contribution in [0.25, 0.3) is 56.0 Å². The number of aromatic amines is 2. The van der Waals surface area contributed by atoms with E-state index in [2.05, 4.69) is 46.9 Å². The Hall–Kier alpha value is -4.44. The Bertz CT molecular complexity index is 1750. The molecular weight excluding hydrogens is 484 g/mol. The molecule has 1 aliphatic rings. The first kappa shape index (κ1) is 21.8. The molecule has 0 spiro atoms. The summed E-state index contributed by atoms with van der Waals surface area (Å²) in [5.41, 5.74) is 7.37. The van der Waals surface area contributed by atoms with Crippen LogP contribution in [0.3, 0.4) is 0 Å². The fraction of sp³-hybridized carbons (Fsp3) is 0.185. The lowest BCUT2D eigenvalue weighted by atomic mass is 10.1. The van der Waals surface area contributed by atoms with Crippen molar-refractivity contribution < 1.29 is 4.79 Å². The zero-order chi connectivity index (χ0) is 24.8.